The molecule has 0 amide bonds. The molecule has 1 saturated carbocycles. The Balaban J connectivity index is 0.000000160. The third-order valence-electron chi connectivity index (χ3n) is 4.16. The van der Waals surface area contributed by atoms with Gasteiger partial charge in [0.25, 0.3) is 0 Å². The molecule has 2 heteroatoms. The second-order valence-electron chi connectivity index (χ2n) is 6.55. The fraction of sp³-hybridized carbons (Fsp3) is 0.444. The maximum Gasteiger partial charge on any atom is 0.0554 e. The summed E-state index contributed by atoms with van der Waals surface area (Å²) in [5, 5.41) is 2.26. The van der Waals surface area contributed by atoms with Gasteiger partial charge in [-0.2, -0.15) is 0 Å². The van der Waals surface area contributed by atoms with Gasteiger partial charge in [-0.1, -0.05) is 57.4 Å². The average Bonchev–Trinajstić information content (AvgIpc) is 2.40. The van der Waals surface area contributed by atoms with E-state index in [0.717, 1.165) is 10.8 Å². The molecule has 4 N–H and O–H groups in total. The summed E-state index contributed by atoms with van der Waals surface area (Å²) in [6.45, 7) is 4.76. The Labute approximate surface area is 122 Å². The van der Waals surface area contributed by atoms with Crippen molar-refractivity contribution in [3.63, 3.8) is 0 Å². The van der Waals surface area contributed by atoms with Gasteiger partial charge in [0.2, 0.25) is 0 Å². The van der Waals surface area contributed by atoms with Gasteiger partial charge in [-0.3, -0.25) is 0 Å². The topological polar surface area (TPSA) is 52.0 Å². The third kappa shape index (κ3) is 3.89. The molecular formula is C18H26N2. The first-order valence-corrected chi connectivity index (χ1v) is 7.52. The van der Waals surface area contributed by atoms with Crippen LogP contribution in [-0.2, 0) is 0 Å². The highest BCUT2D eigenvalue weighted by atomic mass is 14.7. The highest BCUT2D eigenvalue weighted by molar-refractivity contribution is 5.90. The minimum absolute atomic E-state index is 0.647. The summed E-state index contributed by atoms with van der Waals surface area (Å²) >= 11 is 0. The number of anilines is 2. The third-order valence-corrected chi connectivity index (χ3v) is 4.16. The van der Waals surface area contributed by atoms with E-state index in [-0.39, 0.29) is 0 Å². The molecule has 0 saturated heterocycles. The molecule has 2 nitrogen and oxygen atoms in total. The van der Waals surface area contributed by atoms with Crippen molar-refractivity contribution in [1.82, 2.24) is 0 Å². The smallest absolute Gasteiger partial charge is 0.0554 e. The van der Waals surface area contributed by atoms with Gasteiger partial charge in [0.05, 0.1) is 11.4 Å². The molecule has 108 valence electrons. The summed E-state index contributed by atoms with van der Waals surface area (Å²) in [5.74, 6) is 0. The van der Waals surface area contributed by atoms with E-state index in [2.05, 4.69) is 13.8 Å². The number of hydrogen-bond donors (Lipinski definition) is 2. The fourth-order valence-corrected chi connectivity index (χ4v) is 2.78. The minimum atomic E-state index is 0.647. The molecular weight excluding hydrogens is 244 g/mol. The molecule has 0 aliphatic heterocycles. The first kappa shape index (κ1) is 14.7. The lowest BCUT2D eigenvalue weighted by molar-refractivity contribution is 0.244. The lowest BCUT2D eigenvalue weighted by atomic mass is 9.78. The molecule has 0 bridgehead atoms. The molecule has 1 fully saturated rings. The molecule has 0 unspecified atom stereocenters. The van der Waals surface area contributed by atoms with Gasteiger partial charge in [-0.25, -0.2) is 0 Å². The molecule has 0 radical (unpaired) electrons. The van der Waals surface area contributed by atoms with Crippen LogP contribution in [0, 0.1) is 5.41 Å². The molecule has 1 aliphatic carbocycles. The van der Waals surface area contributed by atoms with Gasteiger partial charge < -0.3 is 11.5 Å². The van der Waals surface area contributed by atoms with Crippen LogP contribution in [0.15, 0.2) is 36.4 Å². The molecule has 20 heavy (non-hydrogen) atoms. The Bertz CT molecular complexity index is 524. The van der Waals surface area contributed by atoms with Gasteiger partial charge >= 0.3 is 0 Å². The Hall–Kier alpha value is -1.70. The second kappa shape index (κ2) is 6.17. The monoisotopic (exact) mass is 270 g/mol. The summed E-state index contributed by atoms with van der Waals surface area (Å²) in [6, 6.07) is 11.8. The van der Waals surface area contributed by atoms with Gasteiger partial charge in [0.1, 0.15) is 0 Å². The highest BCUT2D eigenvalue weighted by Gasteiger charge is 2.19. The second-order valence-corrected chi connectivity index (χ2v) is 6.55. The molecule has 2 aromatic rings. The average molecular weight is 270 g/mol. The predicted octanol–water partition coefficient (Wildman–Crippen LogP) is 4.98. The molecule has 1 aliphatic rings. The summed E-state index contributed by atoms with van der Waals surface area (Å²) in [5.41, 5.74) is 13.3. The maximum atomic E-state index is 5.66. The van der Waals surface area contributed by atoms with Crippen molar-refractivity contribution >= 4 is 22.1 Å². The Kier molecular flexibility index (Phi) is 4.53. The largest absolute Gasteiger partial charge is 0.397 e. The first-order chi connectivity index (χ1) is 9.48. The lowest BCUT2D eigenvalue weighted by Gasteiger charge is -2.28. The van der Waals surface area contributed by atoms with Crippen LogP contribution in [0.2, 0.25) is 0 Å². The van der Waals surface area contributed by atoms with E-state index in [1.165, 1.54) is 32.1 Å². The van der Waals surface area contributed by atoms with Crippen molar-refractivity contribution < 1.29 is 0 Å². The van der Waals surface area contributed by atoms with Crippen LogP contribution in [0.1, 0.15) is 46.0 Å². The standard InChI is InChI=1S/C10H10N2.C8H16/c11-9-5-7-3-1-2-4-8(7)6-10(9)12;1-8(2)6-4-3-5-7-8/h1-6H,11-12H2;3-7H2,1-2H3. The zero-order chi connectivity index (χ0) is 14.6. The van der Waals surface area contributed by atoms with E-state index >= 15 is 0 Å². The fourth-order valence-electron chi connectivity index (χ4n) is 2.78. The summed E-state index contributed by atoms with van der Waals surface area (Å²) < 4.78 is 0. The molecule has 0 heterocycles. The lowest BCUT2D eigenvalue weighted by Crippen LogP contribution is -2.14. The van der Waals surface area contributed by atoms with E-state index < -0.39 is 0 Å². The van der Waals surface area contributed by atoms with Crippen LogP contribution in [0.3, 0.4) is 0 Å². The summed E-state index contributed by atoms with van der Waals surface area (Å²) in [4.78, 5) is 0. The van der Waals surface area contributed by atoms with Crippen LogP contribution in [-0.4, -0.2) is 0 Å². The normalized spacial score (nSPS) is 17.3. The van der Waals surface area contributed by atoms with Crippen LogP contribution in [0.25, 0.3) is 10.8 Å². The zero-order valence-corrected chi connectivity index (χ0v) is 12.7. The minimum Gasteiger partial charge on any atom is -0.397 e. The van der Waals surface area contributed by atoms with Gasteiger partial charge in [0, 0.05) is 0 Å². The SMILES string of the molecule is CC1(C)CCCCC1.Nc1cc2ccccc2cc1N. The number of fused-ring (bicyclic) bond motifs is 1. The molecule has 0 spiro atoms. The van der Waals surface area contributed by atoms with Crippen LogP contribution < -0.4 is 11.5 Å². The van der Waals surface area contributed by atoms with Crippen LogP contribution >= 0.6 is 0 Å². The van der Waals surface area contributed by atoms with E-state index in [1.54, 1.807) is 0 Å². The molecule has 0 aromatic heterocycles. The van der Waals surface area contributed by atoms with E-state index in [9.17, 15) is 0 Å². The van der Waals surface area contributed by atoms with Crippen molar-refractivity contribution in [1.29, 1.82) is 0 Å². The predicted molar refractivity (Wildman–Crippen MR) is 89.6 cm³/mol. The van der Waals surface area contributed by atoms with E-state index in [4.69, 9.17) is 11.5 Å². The molecule has 0 atom stereocenters. The highest BCUT2D eigenvalue weighted by Crippen LogP contribution is 2.34. The number of nitrogen functional groups attached to an aromatic ring is 2. The summed E-state index contributed by atoms with van der Waals surface area (Å²) in [7, 11) is 0. The Morgan fingerprint density at radius 3 is 1.60 bits per heavy atom. The number of hydrogen-bond acceptors (Lipinski definition) is 2. The zero-order valence-electron chi connectivity index (χ0n) is 12.7. The van der Waals surface area contributed by atoms with Crippen molar-refractivity contribution in [2.24, 2.45) is 5.41 Å². The molecule has 3 rings (SSSR count). The summed E-state index contributed by atoms with van der Waals surface area (Å²) in [6.07, 6.45) is 7.31. The first-order valence-electron chi connectivity index (χ1n) is 7.52. The van der Waals surface area contributed by atoms with Gasteiger partial charge in [-0.05, 0) is 41.2 Å². The van der Waals surface area contributed by atoms with Gasteiger partial charge in [-0.15, -0.1) is 0 Å². The number of rotatable bonds is 0. The number of nitrogens with two attached hydrogens (primary N) is 2. The van der Waals surface area contributed by atoms with Crippen molar-refractivity contribution in [3.05, 3.63) is 36.4 Å². The maximum absolute atomic E-state index is 5.66. The van der Waals surface area contributed by atoms with Crippen molar-refractivity contribution in [3.8, 4) is 0 Å². The quantitative estimate of drug-likeness (QED) is 0.663. The van der Waals surface area contributed by atoms with E-state index in [1.807, 2.05) is 36.4 Å². The van der Waals surface area contributed by atoms with Gasteiger partial charge in [0.15, 0.2) is 0 Å². The number of benzene rings is 2. The van der Waals surface area contributed by atoms with Crippen molar-refractivity contribution in [2.45, 2.75) is 46.0 Å². The molecule has 2 aromatic carbocycles. The van der Waals surface area contributed by atoms with Crippen LogP contribution in [0.5, 0.6) is 0 Å². The Morgan fingerprint density at radius 2 is 1.25 bits per heavy atom. The van der Waals surface area contributed by atoms with E-state index in [0.29, 0.717) is 16.8 Å². The Morgan fingerprint density at radius 1 is 0.800 bits per heavy atom. The van der Waals surface area contributed by atoms with Crippen LogP contribution in [0.4, 0.5) is 11.4 Å². The van der Waals surface area contributed by atoms with Crippen molar-refractivity contribution in [2.75, 3.05) is 11.5 Å².